The fourth-order valence-electron chi connectivity index (χ4n) is 4.10. The maximum atomic E-state index is 13.3. The van der Waals surface area contributed by atoms with Gasteiger partial charge >= 0.3 is 0 Å². The Morgan fingerprint density at radius 3 is 2.57 bits per heavy atom. The van der Waals surface area contributed by atoms with Gasteiger partial charge in [-0.2, -0.15) is 0 Å². The highest BCUT2D eigenvalue weighted by molar-refractivity contribution is 5.96. The van der Waals surface area contributed by atoms with Gasteiger partial charge in [0.05, 0.1) is 7.11 Å². The Morgan fingerprint density at radius 2 is 1.79 bits per heavy atom. The number of fused-ring (bicyclic) bond motifs is 2. The third kappa shape index (κ3) is 3.28. The molecule has 2 aliphatic rings. The second-order valence-corrected chi connectivity index (χ2v) is 7.27. The first kappa shape index (κ1) is 18.3. The number of carbonyl (C=O) groups is 2. The third-order valence-corrected chi connectivity index (χ3v) is 5.70. The van der Waals surface area contributed by atoms with E-state index in [1.807, 2.05) is 29.2 Å². The summed E-state index contributed by atoms with van der Waals surface area (Å²) < 4.78 is 5.30. The van der Waals surface area contributed by atoms with Crippen molar-refractivity contribution in [2.45, 2.75) is 25.9 Å². The molecule has 0 aliphatic carbocycles. The van der Waals surface area contributed by atoms with E-state index in [9.17, 15) is 9.59 Å². The monoisotopic (exact) mass is 376 g/mol. The number of carbonyl (C=O) groups excluding carboxylic acids is 2. The molecule has 0 fully saturated rings. The highest BCUT2D eigenvalue weighted by Crippen LogP contribution is 2.28. The number of nitrogens with zero attached hydrogens (tertiary/aromatic N) is 2. The lowest BCUT2D eigenvalue weighted by Gasteiger charge is -2.32. The van der Waals surface area contributed by atoms with Gasteiger partial charge in [-0.3, -0.25) is 9.59 Å². The van der Waals surface area contributed by atoms with Gasteiger partial charge in [0, 0.05) is 31.7 Å². The summed E-state index contributed by atoms with van der Waals surface area (Å²) in [5, 5.41) is 0. The normalized spacial score (nSPS) is 15.5. The molecule has 0 aromatic heterocycles. The minimum absolute atomic E-state index is 0.0335. The van der Waals surface area contributed by atoms with Crippen molar-refractivity contribution in [3.63, 3.8) is 0 Å². The molecular weight excluding hydrogens is 352 g/mol. The van der Waals surface area contributed by atoms with Crippen LogP contribution in [-0.2, 0) is 30.7 Å². The number of hydrogen-bond donors (Lipinski definition) is 0. The molecule has 5 nitrogen and oxygen atoms in total. The number of amides is 2. The molecule has 2 heterocycles. The molecule has 0 saturated carbocycles. The quantitative estimate of drug-likeness (QED) is 0.774. The topological polar surface area (TPSA) is 49.9 Å². The SMILES string of the molecule is C=CC(=O)N1CCc2cccc(C(=O)N3CCc4cc(OC)ccc4C3)c2C1. The van der Waals surface area contributed by atoms with Crippen molar-refractivity contribution in [3.8, 4) is 5.75 Å². The Morgan fingerprint density at radius 1 is 1.00 bits per heavy atom. The van der Waals surface area contributed by atoms with E-state index in [-0.39, 0.29) is 11.8 Å². The lowest BCUT2D eigenvalue weighted by Crippen LogP contribution is -2.39. The van der Waals surface area contributed by atoms with Gasteiger partial charge in [0.25, 0.3) is 5.91 Å². The van der Waals surface area contributed by atoms with E-state index in [4.69, 9.17) is 4.74 Å². The molecule has 2 amide bonds. The van der Waals surface area contributed by atoms with E-state index in [1.54, 1.807) is 12.0 Å². The molecule has 0 bridgehead atoms. The van der Waals surface area contributed by atoms with Gasteiger partial charge in [-0.25, -0.2) is 0 Å². The molecule has 28 heavy (non-hydrogen) atoms. The lowest BCUT2D eigenvalue weighted by molar-refractivity contribution is -0.126. The van der Waals surface area contributed by atoms with E-state index in [0.717, 1.165) is 35.3 Å². The van der Waals surface area contributed by atoms with Crippen LogP contribution in [0.5, 0.6) is 5.75 Å². The van der Waals surface area contributed by atoms with Gasteiger partial charge in [0.1, 0.15) is 5.75 Å². The molecule has 0 N–H and O–H groups in total. The third-order valence-electron chi connectivity index (χ3n) is 5.70. The molecule has 144 valence electrons. The van der Waals surface area contributed by atoms with Crippen LogP contribution < -0.4 is 4.74 Å². The first-order valence-corrected chi connectivity index (χ1v) is 9.58. The second kappa shape index (κ2) is 7.50. The van der Waals surface area contributed by atoms with Crippen LogP contribution in [0.25, 0.3) is 0 Å². The van der Waals surface area contributed by atoms with Crippen molar-refractivity contribution < 1.29 is 14.3 Å². The summed E-state index contributed by atoms with van der Waals surface area (Å²) >= 11 is 0. The summed E-state index contributed by atoms with van der Waals surface area (Å²) in [6, 6.07) is 11.9. The van der Waals surface area contributed by atoms with Crippen LogP contribution in [0.1, 0.15) is 32.6 Å². The van der Waals surface area contributed by atoms with Gasteiger partial charge in [-0.05, 0) is 59.4 Å². The van der Waals surface area contributed by atoms with Crippen LogP contribution in [0.3, 0.4) is 0 Å². The molecular formula is C23H24N2O3. The first-order chi connectivity index (χ1) is 13.6. The van der Waals surface area contributed by atoms with Gasteiger partial charge in [-0.15, -0.1) is 0 Å². The summed E-state index contributed by atoms with van der Waals surface area (Å²) in [7, 11) is 1.67. The van der Waals surface area contributed by atoms with Gasteiger partial charge in [-0.1, -0.05) is 24.8 Å². The summed E-state index contributed by atoms with van der Waals surface area (Å²) in [6.07, 6.45) is 2.91. The van der Waals surface area contributed by atoms with Crippen LogP contribution in [0.15, 0.2) is 49.1 Å². The molecule has 2 aliphatic heterocycles. The summed E-state index contributed by atoms with van der Waals surface area (Å²) in [5.41, 5.74) is 5.22. The molecule has 0 radical (unpaired) electrons. The fraction of sp³-hybridized carbons (Fsp3) is 0.304. The zero-order valence-corrected chi connectivity index (χ0v) is 16.1. The van der Waals surface area contributed by atoms with E-state index < -0.39 is 0 Å². The molecule has 0 saturated heterocycles. The Kier molecular flexibility index (Phi) is 4.90. The second-order valence-electron chi connectivity index (χ2n) is 7.27. The van der Waals surface area contributed by atoms with E-state index in [1.165, 1.54) is 11.6 Å². The maximum absolute atomic E-state index is 13.3. The Labute approximate surface area is 165 Å². The van der Waals surface area contributed by atoms with Gasteiger partial charge in [0.2, 0.25) is 5.91 Å². The number of ether oxygens (including phenoxy) is 1. The van der Waals surface area contributed by atoms with Crippen molar-refractivity contribution in [3.05, 3.63) is 76.9 Å². The first-order valence-electron chi connectivity index (χ1n) is 9.58. The number of rotatable bonds is 3. The molecule has 2 aromatic rings. The van der Waals surface area contributed by atoms with Crippen LogP contribution in [-0.4, -0.2) is 41.8 Å². The van der Waals surface area contributed by atoms with Gasteiger partial charge < -0.3 is 14.5 Å². The van der Waals surface area contributed by atoms with E-state index in [0.29, 0.717) is 31.7 Å². The van der Waals surface area contributed by atoms with Gasteiger partial charge in [0.15, 0.2) is 0 Å². The zero-order valence-electron chi connectivity index (χ0n) is 16.1. The predicted molar refractivity (Wildman–Crippen MR) is 107 cm³/mol. The van der Waals surface area contributed by atoms with Crippen LogP contribution >= 0.6 is 0 Å². The van der Waals surface area contributed by atoms with Crippen LogP contribution in [0.2, 0.25) is 0 Å². The fourth-order valence-corrected chi connectivity index (χ4v) is 4.10. The van der Waals surface area contributed by atoms with Crippen molar-refractivity contribution >= 4 is 11.8 Å². The van der Waals surface area contributed by atoms with E-state index >= 15 is 0 Å². The molecule has 5 heteroatoms. The largest absolute Gasteiger partial charge is 0.497 e. The lowest BCUT2D eigenvalue weighted by atomic mass is 9.93. The molecule has 4 rings (SSSR count). The predicted octanol–water partition coefficient (Wildman–Crippen LogP) is 2.96. The minimum atomic E-state index is -0.0891. The summed E-state index contributed by atoms with van der Waals surface area (Å²) in [6.45, 7) is 5.98. The zero-order chi connectivity index (χ0) is 19.7. The summed E-state index contributed by atoms with van der Waals surface area (Å²) in [5.74, 6) is 0.794. The minimum Gasteiger partial charge on any atom is -0.497 e. The Bertz CT molecular complexity index is 951. The maximum Gasteiger partial charge on any atom is 0.254 e. The van der Waals surface area contributed by atoms with Crippen LogP contribution in [0, 0.1) is 0 Å². The smallest absolute Gasteiger partial charge is 0.254 e. The highest BCUT2D eigenvalue weighted by Gasteiger charge is 2.27. The standard InChI is InChI=1S/C23H24N2O3/c1-3-22(26)24-11-9-16-5-4-6-20(21(16)15-24)23(27)25-12-10-17-13-19(28-2)8-7-18(17)14-25/h3-8,13H,1,9-12,14-15H2,2H3. The van der Waals surface area contributed by atoms with Crippen molar-refractivity contribution in [1.82, 2.24) is 9.80 Å². The molecule has 0 atom stereocenters. The number of methoxy groups -OCH3 is 1. The molecule has 0 unspecified atom stereocenters. The average molecular weight is 376 g/mol. The highest BCUT2D eigenvalue weighted by atomic mass is 16.5. The van der Waals surface area contributed by atoms with Crippen molar-refractivity contribution in [2.24, 2.45) is 0 Å². The Balaban J connectivity index is 1.59. The summed E-state index contributed by atoms with van der Waals surface area (Å²) in [4.78, 5) is 29.0. The molecule has 0 spiro atoms. The number of hydrogen-bond acceptors (Lipinski definition) is 3. The van der Waals surface area contributed by atoms with E-state index in [2.05, 4.69) is 18.7 Å². The van der Waals surface area contributed by atoms with Crippen LogP contribution in [0.4, 0.5) is 0 Å². The Hall–Kier alpha value is -3.08. The molecule has 2 aromatic carbocycles. The van der Waals surface area contributed by atoms with Crippen molar-refractivity contribution in [2.75, 3.05) is 20.2 Å². The average Bonchev–Trinajstić information content (AvgIpc) is 2.76. The van der Waals surface area contributed by atoms with Crippen molar-refractivity contribution in [1.29, 1.82) is 0 Å². The number of benzene rings is 2.